The molecule has 6 heteroatoms. The van der Waals surface area contributed by atoms with Gasteiger partial charge in [-0.05, 0) is 13.0 Å². The fourth-order valence-electron chi connectivity index (χ4n) is 1.40. The van der Waals surface area contributed by atoms with Crippen molar-refractivity contribution in [3.05, 3.63) is 11.9 Å². The number of carbonyl (C=O) groups is 1. The third-order valence-electron chi connectivity index (χ3n) is 2.42. The maximum atomic E-state index is 11.4. The van der Waals surface area contributed by atoms with Gasteiger partial charge in [0.25, 0.3) is 0 Å². The molecule has 0 aliphatic rings. The van der Waals surface area contributed by atoms with Crippen molar-refractivity contribution >= 4 is 5.91 Å². The molecule has 0 fully saturated rings. The quantitative estimate of drug-likeness (QED) is 0.741. The van der Waals surface area contributed by atoms with Gasteiger partial charge in [0, 0.05) is 39.8 Å². The summed E-state index contributed by atoms with van der Waals surface area (Å²) in [5.74, 6) is 0.151. The molecule has 0 unspecified atom stereocenters. The Kier molecular flexibility index (Phi) is 5.62. The predicted octanol–water partition coefficient (Wildman–Crippen LogP) is 0.256. The summed E-state index contributed by atoms with van der Waals surface area (Å²) in [7, 11) is 3.54. The van der Waals surface area contributed by atoms with Crippen molar-refractivity contribution < 1.29 is 4.79 Å². The minimum Gasteiger partial charge on any atom is -0.349 e. The lowest BCUT2D eigenvalue weighted by Crippen LogP contribution is -2.21. The molecule has 96 valence electrons. The van der Waals surface area contributed by atoms with Gasteiger partial charge in [-0.3, -0.25) is 9.48 Å². The molecular weight excluding hydrogens is 218 g/mol. The minimum atomic E-state index is 0.151. The second kappa shape index (κ2) is 7.01. The molecule has 0 aliphatic carbocycles. The average molecular weight is 239 g/mol. The Labute approximate surface area is 102 Å². The zero-order valence-corrected chi connectivity index (χ0v) is 10.8. The fraction of sp³-hybridized carbons (Fsp3) is 0.727. The molecule has 0 saturated carbocycles. The molecule has 0 bridgehead atoms. The molecule has 6 nitrogen and oxygen atoms in total. The number of carbonyl (C=O) groups excluding carboxylic acids is 1. The lowest BCUT2D eigenvalue weighted by Gasteiger charge is -2.09. The third-order valence-corrected chi connectivity index (χ3v) is 2.42. The third kappa shape index (κ3) is 4.95. The highest BCUT2D eigenvalue weighted by molar-refractivity contribution is 5.75. The summed E-state index contributed by atoms with van der Waals surface area (Å²) in [5.41, 5.74) is 0.936. The molecule has 17 heavy (non-hydrogen) atoms. The molecule has 1 aromatic heterocycles. The summed E-state index contributed by atoms with van der Waals surface area (Å²) in [5, 5.41) is 11.2. The average Bonchev–Trinajstić information content (AvgIpc) is 2.74. The number of aromatic nitrogens is 3. The molecule has 1 heterocycles. The molecule has 1 amide bonds. The van der Waals surface area contributed by atoms with Gasteiger partial charge in [-0.1, -0.05) is 12.1 Å². The number of hydrogen-bond acceptors (Lipinski definition) is 4. The second-order valence-corrected chi connectivity index (χ2v) is 4.15. The van der Waals surface area contributed by atoms with E-state index in [-0.39, 0.29) is 5.91 Å². The Morgan fingerprint density at radius 3 is 2.94 bits per heavy atom. The van der Waals surface area contributed by atoms with Crippen LogP contribution in [0.3, 0.4) is 0 Å². The first-order valence-electron chi connectivity index (χ1n) is 5.93. The van der Waals surface area contributed by atoms with E-state index in [0.29, 0.717) is 6.42 Å². The van der Waals surface area contributed by atoms with Gasteiger partial charge in [-0.25, -0.2) is 0 Å². The van der Waals surface area contributed by atoms with E-state index in [4.69, 9.17) is 0 Å². The maximum Gasteiger partial charge on any atom is 0.222 e. The summed E-state index contributed by atoms with van der Waals surface area (Å²) < 4.78 is 1.79. The minimum absolute atomic E-state index is 0.151. The van der Waals surface area contributed by atoms with Crippen molar-refractivity contribution in [2.24, 2.45) is 0 Å². The predicted molar refractivity (Wildman–Crippen MR) is 65.3 cm³/mol. The molecule has 0 spiro atoms. The standard InChI is InChI=1S/C11H21N5O/c1-4-12-8-10-9-16(14-13-10)7-5-6-11(17)15(2)3/h9,12H,4-8H2,1-3H3. The number of nitrogens with one attached hydrogen (secondary N) is 1. The van der Waals surface area contributed by atoms with Crippen molar-refractivity contribution in [1.29, 1.82) is 0 Å². The molecule has 0 radical (unpaired) electrons. The van der Waals surface area contributed by atoms with E-state index in [9.17, 15) is 4.79 Å². The summed E-state index contributed by atoms with van der Waals surface area (Å²) in [4.78, 5) is 13.0. The first-order chi connectivity index (χ1) is 8.13. The van der Waals surface area contributed by atoms with Gasteiger partial charge < -0.3 is 10.2 Å². The number of nitrogens with zero attached hydrogens (tertiary/aromatic N) is 4. The fourth-order valence-corrected chi connectivity index (χ4v) is 1.40. The van der Waals surface area contributed by atoms with E-state index < -0.39 is 0 Å². The van der Waals surface area contributed by atoms with Crippen LogP contribution in [0.25, 0.3) is 0 Å². The van der Waals surface area contributed by atoms with Crippen LogP contribution in [0.2, 0.25) is 0 Å². The van der Waals surface area contributed by atoms with Crippen LogP contribution >= 0.6 is 0 Å². The molecule has 0 aliphatic heterocycles. The van der Waals surface area contributed by atoms with Gasteiger partial charge in [0.05, 0.1) is 5.69 Å². The number of hydrogen-bond donors (Lipinski definition) is 1. The first kappa shape index (κ1) is 13.6. The molecule has 0 saturated heterocycles. The van der Waals surface area contributed by atoms with E-state index in [2.05, 4.69) is 22.6 Å². The molecule has 0 aromatic carbocycles. The number of aryl methyl sites for hydroxylation is 1. The zero-order valence-electron chi connectivity index (χ0n) is 10.8. The van der Waals surface area contributed by atoms with Crippen LogP contribution in [0.4, 0.5) is 0 Å². The van der Waals surface area contributed by atoms with Crippen LogP contribution in [0, 0.1) is 0 Å². The van der Waals surface area contributed by atoms with Crippen molar-refractivity contribution in [3.8, 4) is 0 Å². The van der Waals surface area contributed by atoms with E-state index in [1.165, 1.54) is 0 Å². The van der Waals surface area contributed by atoms with Crippen molar-refractivity contribution in [3.63, 3.8) is 0 Å². The normalized spacial score (nSPS) is 10.5. The van der Waals surface area contributed by atoms with Crippen LogP contribution in [0.5, 0.6) is 0 Å². The summed E-state index contributed by atoms with van der Waals surface area (Å²) in [6, 6.07) is 0. The van der Waals surface area contributed by atoms with E-state index in [1.807, 2.05) is 6.20 Å². The molecular formula is C11H21N5O. The molecule has 1 rings (SSSR count). The van der Waals surface area contributed by atoms with Gasteiger partial charge >= 0.3 is 0 Å². The zero-order chi connectivity index (χ0) is 12.7. The van der Waals surface area contributed by atoms with Crippen LogP contribution in [-0.4, -0.2) is 46.4 Å². The van der Waals surface area contributed by atoms with Gasteiger partial charge in [0.1, 0.15) is 0 Å². The largest absolute Gasteiger partial charge is 0.349 e. The Bertz CT molecular complexity index is 347. The van der Waals surface area contributed by atoms with Crippen LogP contribution in [-0.2, 0) is 17.9 Å². The second-order valence-electron chi connectivity index (χ2n) is 4.15. The Hall–Kier alpha value is -1.43. The van der Waals surface area contributed by atoms with E-state index >= 15 is 0 Å². The topological polar surface area (TPSA) is 63.1 Å². The Morgan fingerprint density at radius 1 is 1.53 bits per heavy atom. The summed E-state index contributed by atoms with van der Waals surface area (Å²) in [6.07, 6.45) is 3.26. The molecule has 1 aromatic rings. The maximum absolute atomic E-state index is 11.4. The highest BCUT2D eigenvalue weighted by atomic mass is 16.2. The monoisotopic (exact) mass is 239 g/mol. The first-order valence-corrected chi connectivity index (χ1v) is 5.93. The van der Waals surface area contributed by atoms with Gasteiger partial charge in [0.15, 0.2) is 0 Å². The van der Waals surface area contributed by atoms with Crippen LogP contribution in [0.15, 0.2) is 6.20 Å². The SMILES string of the molecule is CCNCc1cn(CCCC(=O)N(C)C)nn1. The van der Waals surface area contributed by atoms with Gasteiger partial charge in [-0.15, -0.1) is 5.10 Å². The lowest BCUT2D eigenvalue weighted by molar-refractivity contribution is -0.128. The smallest absolute Gasteiger partial charge is 0.222 e. The van der Waals surface area contributed by atoms with Crippen LogP contribution < -0.4 is 5.32 Å². The van der Waals surface area contributed by atoms with E-state index in [0.717, 1.165) is 31.7 Å². The van der Waals surface area contributed by atoms with Crippen molar-refractivity contribution in [1.82, 2.24) is 25.2 Å². The van der Waals surface area contributed by atoms with Crippen molar-refractivity contribution in [2.75, 3.05) is 20.6 Å². The van der Waals surface area contributed by atoms with Gasteiger partial charge in [0.2, 0.25) is 5.91 Å². The van der Waals surface area contributed by atoms with Crippen LogP contribution in [0.1, 0.15) is 25.5 Å². The highest BCUT2D eigenvalue weighted by Crippen LogP contribution is 1.98. The highest BCUT2D eigenvalue weighted by Gasteiger charge is 2.04. The lowest BCUT2D eigenvalue weighted by atomic mass is 10.3. The van der Waals surface area contributed by atoms with Gasteiger partial charge in [-0.2, -0.15) is 0 Å². The molecule has 0 atom stereocenters. The summed E-state index contributed by atoms with van der Waals surface area (Å²) in [6.45, 7) is 4.45. The van der Waals surface area contributed by atoms with E-state index in [1.54, 1.807) is 23.7 Å². The molecule has 1 N–H and O–H groups in total. The number of rotatable bonds is 7. The Morgan fingerprint density at radius 2 is 2.29 bits per heavy atom. The number of amides is 1. The summed E-state index contributed by atoms with van der Waals surface area (Å²) >= 11 is 0. The van der Waals surface area contributed by atoms with Crippen molar-refractivity contribution in [2.45, 2.75) is 32.9 Å². The Balaban J connectivity index is 2.27.